The van der Waals surface area contributed by atoms with Crippen LogP contribution in [0.1, 0.15) is 23.1 Å². The van der Waals surface area contributed by atoms with Gasteiger partial charge >= 0.3 is 0 Å². The molecule has 28 heavy (non-hydrogen) atoms. The largest absolute Gasteiger partial charge is 0.463 e. The van der Waals surface area contributed by atoms with Crippen molar-refractivity contribution in [3.8, 4) is 0 Å². The highest BCUT2D eigenvalue weighted by atomic mass is 32.2. The zero-order valence-corrected chi connectivity index (χ0v) is 17.2. The van der Waals surface area contributed by atoms with Crippen LogP contribution in [0.25, 0.3) is 0 Å². The Labute approximate surface area is 174 Å². The third kappa shape index (κ3) is 4.18. The molecule has 0 aliphatic carbocycles. The number of furan rings is 1. The average molecular weight is 432 g/mol. The van der Waals surface area contributed by atoms with Crippen molar-refractivity contribution in [3.05, 3.63) is 59.2 Å². The number of carbonyl (C=O) groups is 1. The fourth-order valence-corrected chi connectivity index (χ4v) is 5.15. The number of hydrogen-bond acceptors (Lipinski definition) is 9. The molecule has 1 amide bonds. The molecule has 0 bridgehead atoms. The van der Waals surface area contributed by atoms with Gasteiger partial charge in [0.15, 0.2) is 4.34 Å². The Morgan fingerprint density at radius 1 is 1.43 bits per heavy atom. The van der Waals surface area contributed by atoms with Crippen LogP contribution in [0.15, 0.2) is 62.4 Å². The summed E-state index contributed by atoms with van der Waals surface area (Å²) >= 11 is 4.41. The Hall–Kier alpha value is -2.43. The quantitative estimate of drug-likeness (QED) is 0.424. The summed E-state index contributed by atoms with van der Waals surface area (Å²) in [5.41, 5.74) is 0.786. The van der Waals surface area contributed by atoms with Crippen LogP contribution in [-0.2, 0) is 4.79 Å². The van der Waals surface area contributed by atoms with E-state index in [4.69, 9.17) is 4.42 Å². The Bertz CT molecular complexity index is 965. The van der Waals surface area contributed by atoms with Crippen LogP contribution < -0.4 is 5.32 Å². The number of aromatic nitrogens is 2. The zero-order chi connectivity index (χ0) is 19.3. The fourth-order valence-electron chi connectivity index (χ4n) is 2.72. The molecule has 4 rings (SSSR count). The second-order valence-electron chi connectivity index (χ2n) is 5.83. The van der Waals surface area contributed by atoms with E-state index in [0.29, 0.717) is 23.9 Å². The molecular formula is C18H17N5O2S3. The molecule has 4 heterocycles. The predicted octanol–water partition coefficient (Wildman–Crippen LogP) is 4.26. The van der Waals surface area contributed by atoms with Gasteiger partial charge in [-0.3, -0.25) is 4.79 Å². The van der Waals surface area contributed by atoms with E-state index in [2.05, 4.69) is 27.2 Å². The SMILES string of the molecule is C=CCNc1nnc(SCC(=O)N2N=C(c3ccco3)CC2c2cccs2)s1. The number of anilines is 1. The standard InChI is InChI=1S/C18H17N5O2S3/c1-2-7-19-17-20-21-18(28-17)27-11-16(24)23-13(15-6-4-9-26-15)10-12(22-23)14-5-3-8-25-14/h2-6,8-9,13H,1,7,10-11H2,(H,19,20). The Morgan fingerprint density at radius 2 is 2.36 bits per heavy atom. The van der Waals surface area contributed by atoms with Crippen molar-refractivity contribution in [1.29, 1.82) is 0 Å². The lowest BCUT2D eigenvalue weighted by molar-refractivity contribution is -0.130. The van der Waals surface area contributed by atoms with Crippen LogP contribution in [0.5, 0.6) is 0 Å². The molecule has 7 nitrogen and oxygen atoms in total. The van der Waals surface area contributed by atoms with Gasteiger partial charge in [0.05, 0.1) is 18.1 Å². The fraction of sp³-hybridized carbons (Fsp3) is 0.222. The first kappa shape index (κ1) is 18.9. The molecule has 3 aromatic heterocycles. The maximum Gasteiger partial charge on any atom is 0.253 e. The van der Waals surface area contributed by atoms with Gasteiger partial charge in [-0.25, -0.2) is 5.01 Å². The third-order valence-electron chi connectivity index (χ3n) is 3.97. The molecule has 1 aliphatic rings. The van der Waals surface area contributed by atoms with Crippen LogP contribution in [0, 0.1) is 0 Å². The summed E-state index contributed by atoms with van der Waals surface area (Å²) in [4.78, 5) is 14.0. The molecule has 144 valence electrons. The Balaban J connectivity index is 1.45. The van der Waals surface area contributed by atoms with Crippen LogP contribution >= 0.6 is 34.4 Å². The smallest absolute Gasteiger partial charge is 0.253 e. The number of thiophene rings is 1. The summed E-state index contributed by atoms with van der Waals surface area (Å²) in [6, 6.07) is 7.61. The number of rotatable bonds is 8. The highest BCUT2D eigenvalue weighted by Crippen LogP contribution is 2.36. The van der Waals surface area contributed by atoms with Crippen molar-refractivity contribution in [2.45, 2.75) is 16.8 Å². The van der Waals surface area contributed by atoms with Gasteiger partial charge in [0.1, 0.15) is 11.5 Å². The van der Waals surface area contributed by atoms with Crippen molar-refractivity contribution in [1.82, 2.24) is 15.2 Å². The lowest BCUT2D eigenvalue weighted by atomic mass is 10.1. The molecule has 3 aromatic rings. The number of amides is 1. The number of nitrogens with zero attached hydrogens (tertiary/aromatic N) is 4. The molecule has 0 saturated carbocycles. The van der Waals surface area contributed by atoms with E-state index in [9.17, 15) is 4.79 Å². The number of thioether (sulfide) groups is 1. The first-order chi connectivity index (χ1) is 13.7. The van der Waals surface area contributed by atoms with Gasteiger partial charge in [-0.15, -0.1) is 28.1 Å². The van der Waals surface area contributed by atoms with Crippen LogP contribution in [0.2, 0.25) is 0 Å². The predicted molar refractivity (Wildman–Crippen MR) is 113 cm³/mol. The topological polar surface area (TPSA) is 83.6 Å². The van der Waals surface area contributed by atoms with Crippen LogP contribution in [-0.4, -0.2) is 39.1 Å². The van der Waals surface area contributed by atoms with Crippen molar-refractivity contribution < 1.29 is 9.21 Å². The van der Waals surface area contributed by atoms with Gasteiger partial charge in [-0.05, 0) is 23.6 Å². The molecule has 0 fully saturated rings. The second kappa shape index (κ2) is 8.72. The number of hydrazone groups is 1. The minimum absolute atomic E-state index is 0.0687. The summed E-state index contributed by atoms with van der Waals surface area (Å²) in [5.74, 6) is 0.875. The summed E-state index contributed by atoms with van der Waals surface area (Å²) in [7, 11) is 0. The minimum atomic E-state index is -0.104. The van der Waals surface area contributed by atoms with E-state index < -0.39 is 0 Å². The van der Waals surface area contributed by atoms with E-state index in [1.807, 2.05) is 29.6 Å². The Kier molecular flexibility index (Phi) is 5.89. The van der Waals surface area contributed by atoms with E-state index in [0.717, 1.165) is 14.9 Å². The van der Waals surface area contributed by atoms with E-state index >= 15 is 0 Å². The van der Waals surface area contributed by atoms with Gasteiger partial charge in [0.2, 0.25) is 5.13 Å². The number of hydrogen-bond donors (Lipinski definition) is 1. The van der Waals surface area contributed by atoms with Crippen molar-refractivity contribution in [2.24, 2.45) is 5.10 Å². The third-order valence-corrected chi connectivity index (χ3v) is 6.94. The zero-order valence-electron chi connectivity index (χ0n) is 14.8. The molecule has 0 aromatic carbocycles. The average Bonchev–Trinajstić information content (AvgIpc) is 3.48. The van der Waals surface area contributed by atoms with Gasteiger partial charge in [-0.2, -0.15) is 5.10 Å². The number of carbonyl (C=O) groups excluding carboxylic acids is 1. The summed E-state index contributed by atoms with van der Waals surface area (Å²) < 4.78 is 6.21. The van der Waals surface area contributed by atoms with E-state index in [1.54, 1.807) is 28.7 Å². The first-order valence-corrected chi connectivity index (χ1v) is 11.2. The lowest BCUT2D eigenvalue weighted by Gasteiger charge is -2.20. The molecule has 0 spiro atoms. The van der Waals surface area contributed by atoms with Gasteiger partial charge in [0.25, 0.3) is 5.91 Å². The van der Waals surface area contributed by atoms with Crippen molar-refractivity contribution in [2.75, 3.05) is 17.6 Å². The minimum Gasteiger partial charge on any atom is -0.463 e. The first-order valence-electron chi connectivity index (χ1n) is 8.52. The molecule has 0 radical (unpaired) electrons. The van der Waals surface area contributed by atoms with E-state index in [1.165, 1.54) is 23.1 Å². The highest BCUT2D eigenvalue weighted by Gasteiger charge is 2.34. The molecule has 1 aliphatic heterocycles. The summed E-state index contributed by atoms with van der Waals surface area (Å²) in [6.07, 6.45) is 4.01. The molecule has 1 unspecified atom stereocenters. The molecular weight excluding hydrogens is 414 g/mol. The molecule has 1 atom stereocenters. The van der Waals surface area contributed by atoms with Crippen molar-refractivity contribution >= 4 is 51.2 Å². The van der Waals surface area contributed by atoms with Crippen LogP contribution in [0.3, 0.4) is 0 Å². The monoisotopic (exact) mass is 431 g/mol. The highest BCUT2D eigenvalue weighted by molar-refractivity contribution is 8.01. The van der Waals surface area contributed by atoms with Gasteiger partial charge < -0.3 is 9.73 Å². The van der Waals surface area contributed by atoms with Gasteiger partial charge in [-0.1, -0.05) is 35.2 Å². The molecule has 0 saturated heterocycles. The normalized spacial score (nSPS) is 16.2. The van der Waals surface area contributed by atoms with Gasteiger partial charge in [0, 0.05) is 17.8 Å². The Morgan fingerprint density at radius 3 is 3.11 bits per heavy atom. The molecule has 10 heteroatoms. The maximum absolute atomic E-state index is 12.9. The number of nitrogens with one attached hydrogen (secondary N) is 1. The summed E-state index contributed by atoms with van der Waals surface area (Å²) in [5, 5.41) is 20.1. The van der Waals surface area contributed by atoms with E-state index in [-0.39, 0.29) is 17.7 Å². The molecule has 1 N–H and O–H groups in total. The van der Waals surface area contributed by atoms with Crippen molar-refractivity contribution in [3.63, 3.8) is 0 Å². The lowest BCUT2D eigenvalue weighted by Crippen LogP contribution is -2.28. The van der Waals surface area contributed by atoms with Crippen LogP contribution in [0.4, 0.5) is 5.13 Å². The maximum atomic E-state index is 12.9. The second-order valence-corrected chi connectivity index (χ2v) is 9.01. The summed E-state index contributed by atoms with van der Waals surface area (Å²) in [6.45, 7) is 4.28.